The SMILES string of the molecule is N[C@@H]1CCC[C@H]1CC(=O)NC1CCCN(c2ccccc2)C1. The van der Waals surface area contributed by atoms with Crippen molar-refractivity contribution < 1.29 is 4.79 Å². The summed E-state index contributed by atoms with van der Waals surface area (Å²) in [6.45, 7) is 1.98. The number of rotatable bonds is 4. The van der Waals surface area contributed by atoms with E-state index in [-0.39, 0.29) is 18.0 Å². The zero-order valence-corrected chi connectivity index (χ0v) is 13.2. The molecule has 3 atom stereocenters. The topological polar surface area (TPSA) is 58.4 Å². The average molecular weight is 301 g/mol. The second-order valence-corrected chi connectivity index (χ2v) is 6.75. The van der Waals surface area contributed by atoms with E-state index in [1.165, 1.54) is 12.1 Å². The van der Waals surface area contributed by atoms with Crippen LogP contribution in [0.25, 0.3) is 0 Å². The van der Waals surface area contributed by atoms with Crippen molar-refractivity contribution in [3.8, 4) is 0 Å². The molecule has 22 heavy (non-hydrogen) atoms. The van der Waals surface area contributed by atoms with Crippen LogP contribution < -0.4 is 16.0 Å². The van der Waals surface area contributed by atoms with E-state index in [1.54, 1.807) is 0 Å². The lowest BCUT2D eigenvalue weighted by molar-refractivity contribution is -0.122. The average Bonchev–Trinajstić information content (AvgIpc) is 2.93. The first-order chi connectivity index (χ1) is 10.7. The van der Waals surface area contributed by atoms with Gasteiger partial charge in [-0.2, -0.15) is 0 Å². The summed E-state index contributed by atoms with van der Waals surface area (Å²) < 4.78 is 0. The minimum Gasteiger partial charge on any atom is -0.369 e. The smallest absolute Gasteiger partial charge is 0.220 e. The van der Waals surface area contributed by atoms with Gasteiger partial charge in [-0.15, -0.1) is 0 Å². The molecule has 0 radical (unpaired) electrons. The maximum Gasteiger partial charge on any atom is 0.220 e. The molecular weight excluding hydrogens is 274 g/mol. The van der Waals surface area contributed by atoms with Crippen molar-refractivity contribution in [3.63, 3.8) is 0 Å². The molecule has 0 bridgehead atoms. The number of piperidine rings is 1. The molecule has 2 fully saturated rings. The summed E-state index contributed by atoms with van der Waals surface area (Å²) in [6.07, 6.45) is 6.15. The summed E-state index contributed by atoms with van der Waals surface area (Å²) >= 11 is 0. The van der Waals surface area contributed by atoms with Crippen molar-refractivity contribution in [2.75, 3.05) is 18.0 Å². The number of amides is 1. The molecule has 1 unspecified atom stereocenters. The van der Waals surface area contributed by atoms with Gasteiger partial charge in [0.2, 0.25) is 5.91 Å². The minimum absolute atomic E-state index is 0.183. The third-order valence-electron chi connectivity index (χ3n) is 5.07. The van der Waals surface area contributed by atoms with Gasteiger partial charge in [0.25, 0.3) is 0 Å². The Kier molecular flexibility index (Phi) is 4.98. The van der Waals surface area contributed by atoms with E-state index in [9.17, 15) is 4.79 Å². The van der Waals surface area contributed by atoms with Crippen LogP contribution >= 0.6 is 0 Å². The summed E-state index contributed by atoms with van der Waals surface area (Å²) in [4.78, 5) is 14.6. The number of hydrogen-bond donors (Lipinski definition) is 2. The van der Waals surface area contributed by atoms with Crippen LogP contribution in [0.5, 0.6) is 0 Å². The fraction of sp³-hybridized carbons (Fsp3) is 0.611. The Hall–Kier alpha value is -1.55. The third kappa shape index (κ3) is 3.80. The van der Waals surface area contributed by atoms with Crippen molar-refractivity contribution in [1.29, 1.82) is 0 Å². The summed E-state index contributed by atoms with van der Waals surface area (Å²) in [5.41, 5.74) is 7.32. The van der Waals surface area contributed by atoms with Crippen molar-refractivity contribution >= 4 is 11.6 Å². The molecule has 2 aliphatic rings. The lowest BCUT2D eigenvalue weighted by Crippen LogP contribution is -2.48. The fourth-order valence-electron chi connectivity index (χ4n) is 3.81. The molecule has 1 aromatic rings. The molecule has 120 valence electrons. The van der Waals surface area contributed by atoms with Crippen LogP contribution in [0.15, 0.2) is 30.3 Å². The van der Waals surface area contributed by atoms with Crippen molar-refractivity contribution in [2.24, 2.45) is 11.7 Å². The number of hydrogen-bond acceptors (Lipinski definition) is 3. The maximum atomic E-state index is 12.3. The Labute approximate surface area is 133 Å². The largest absolute Gasteiger partial charge is 0.369 e. The predicted octanol–water partition coefficient (Wildman–Crippen LogP) is 2.29. The molecule has 0 spiro atoms. The number of anilines is 1. The zero-order valence-electron chi connectivity index (χ0n) is 13.2. The molecule has 3 N–H and O–H groups in total. The molecule has 1 aromatic carbocycles. The van der Waals surface area contributed by atoms with Crippen LogP contribution in [0, 0.1) is 5.92 Å². The van der Waals surface area contributed by atoms with Gasteiger partial charge in [-0.3, -0.25) is 4.79 Å². The number of carbonyl (C=O) groups excluding carboxylic acids is 1. The Morgan fingerprint density at radius 3 is 2.73 bits per heavy atom. The number of para-hydroxylation sites is 1. The lowest BCUT2D eigenvalue weighted by Gasteiger charge is -2.35. The van der Waals surface area contributed by atoms with Gasteiger partial charge < -0.3 is 16.0 Å². The summed E-state index contributed by atoms with van der Waals surface area (Å²) in [7, 11) is 0. The van der Waals surface area contributed by atoms with Crippen LogP contribution in [0.2, 0.25) is 0 Å². The third-order valence-corrected chi connectivity index (χ3v) is 5.07. The first kappa shape index (κ1) is 15.3. The van der Waals surface area contributed by atoms with E-state index in [1.807, 2.05) is 6.07 Å². The maximum absolute atomic E-state index is 12.3. The molecule has 1 saturated carbocycles. The first-order valence-electron chi connectivity index (χ1n) is 8.57. The molecule has 1 amide bonds. The highest BCUT2D eigenvalue weighted by Gasteiger charge is 2.28. The van der Waals surface area contributed by atoms with Gasteiger partial charge in [-0.1, -0.05) is 24.6 Å². The van der Waals surface area contributed by atoms with E-state index in [2.05, 4.69) is 34.5 Å². The van der Waals surface area contributed by atoms with Gasteiger partial charge in [0, 0.05) is 37.3 Å². The van der Waals surface area contributed by atoms with Crippen LogP contribution in [0.3, 0.4) is 0 Å². The van der Waals surface area contributed by atoms with E-state index in [4.69, 9.17) is 5.73 Å². The second kappa shape index (κ2) is 7.14. The van der Waals surface area contributed by atoms with Gasteiger partial charge in [-0.05, 0) is 43.7 Å². The van der Waals surface area contributed by atoms with Crippen LogP contribution in [0.1, 0.15) is 38.5 Å². The van der Waals surface area contributed by atoms with E-state index >= 15 is 0 Å². The quantitative estimate of drug-likeness (QED) is 0.897. The normalized spacial score (nSPS) is 28.6. The monoisotopic (exact) mass is 301 g/mol. The van der Waals surface area contributed by atoms with E-state index in [0.29, 0.717) is 12.3 Å². The second-order valence-electron chi connectivity index (χ2n) is 6.75. The molecule has 4 heteroatoms. The van der Waals surface area contributed by atoms with Crippen LogP contribution in [-0.4, -0.2) is 31.1 Å². The highest BCUT2D eigenvalue weighted by molar-refractivity contribution is 5.76. The number of carbonyl (C=O) groups is 1. The number of benzene rings is 1. The molecule has 4 nitrogen and oxygen atoms in total. The summed E-state index contributed by atoms with van der Waals surface area (Å²) in [6, 6.07) is 10.9. The fourth-order valence-corrected chi connectivity index (χ4v) is 3.81. The number of nitrogens with two attached hydrogens (primary N) is 1. The molecule has 0 aromatic heterocycles. The number of nitrogens with one attached hydrogen (secondary N) is 1. The van der Waals surface area contributed by atoms with Gasteiger partial charge in [0.05, 0.1) is 0 Å². The zero-order chi connectivity index (χ0) is 15.4. The minimum atomic E-state index is 0.183. The van der Waals surface area contributed by atoms with Crippen molar-refractivity contribution in [1.82, 2.24) is 5.32 Å². The molecule has 1 aliphatic carbocycles. The van der Waals surface area contributed by atoms with Crippen molar-refractivity contribution in [2.45, 2.75) is 50.6 Å². The van der Waals surface area contributed by atoms with Gasteiger partial charge in [0.1, 0.15) is 0 Å². The van der Waals surface area contributed by atoms with Crippen LogP contribution in [-0.2, 0) is 4.79 Å². The predicted molar refractivity (Wildman–Crippen MR) is 89.8 cm³/mol. The molecule has 3 rings (SSSR count). The van der Waals surface area contributed by atoms with E-state index < -0.39 is 0 Å². The lowest BCUT2D eigenvalue weighted by atomic mass is 9.99. The first-order valence-corrected chi connectivity index (χ1v) is 8.57. The molecular formula is C18H27N3O. The Balaban J connectivity index is 1.51. The number of nitrogens with zero attached hydrogens (tertiary/aromatic N) is 1. The van der Waals surface area contributed by atoms with Crippen LogP contribution in [0.4, 0.5) is 5.69 Å². The van der Waals surface area contributed by atoms with Gasteiger partial charge in [-0.25, -0.2) is 0 Å². The molecule has 1 aliphatic heterocycles. The summed E-state index contributed by atoms with van der Waals surface area (Å²) in [5.74, 6) is 0.566. The highest BCUT2D eigenvalue weighted by atomic mass is 16.1. The van der Waals surface area contributed by atoms with E-state index in [0.717, 1.165) is 38.8 Å². The standard InChI is InChI=1S/C18H27N3O/c19-17-10-4-6-14(17)12-18(22)20-15-7-5-11-21(13-15)16-8-2-1-3-9-16/h1-3,8-9,14-15,17H,4-7,10-13,19H2,(H,20,22)/t14-,15?,17+/m0/s1. The Morgan fingerprint density at radius 2 is 2.00 bits per heavy atom. The van der Waals surface area contributed by atoms with Gasteiger partial charge >= 0.3 is 0 Å². The van der Waals surface area contributed by atoms with Gasteiger partial charge in [0.15, 0.2) is 0 Å². The molecule has 1 heterocycles. The summed E-state index contributed by atoms with van der Waals surface area (Å²) in [5, 5.41) is 3.23. The Morgan fingerprint density at radius 1 is 1.18 bits per heavy atom. The highest BCUT2D eigenvalue weighted by Crippen LogP contribution is 2.27. The molecule has 1 saturated heterocycles. The van der Waals surface area contributed by atoms with Crippen molar-refractivity contribution in [3.05, 3.63) is 30.3 Å². The Bertz CT molecular complexity index is 490.